The third kappa shape index (κ3) is 12.9. The first-order valence-corrected chi connectivity index (χ1v) is 8.27. The van der Waals surface area contributed by atoms with E-state index in [4.69, 9.17) is 14.9 Å². The molecule has 4 nitrogen and oxygen atoms in total. The Labute approximate surface area is 124 Å². The van der Waals surface area contributed by atoms with Crippen molar-refractivity contribution in [2.75, 3.05) is 19.8 Å². The lowest BCUT2D eigenvalue weighted by Gasteiger charge is -2.15. The van der Waals surface area contributed by atoms with Crippen molar-refractivity contribution in [2.24, 2.45) is 0 Å². The van der Waals surface area contributed by atoms with Crippen LogP contribution >= 0.6 is 0 Å². The minimum atomic E-state index is -1.09. The quantitative estimate of drug-likeness (QED) is 0.406. The van der Waals surface area contributed by atoms with Gasteiger partial charge in [0.05, 0.1) is 13.2 Å². The molecule has 2 atom stereocenters. The molecule has 0 spiro atoms. The Morgan fingerprint density at radius 2 is 1.25 bits per heavy atom. The van der Waals surface area contributed by atoms with Crippen LogP contribution in [0.15, 0.2) is 0 Å². The van der Waals surface area contributed by atoms with E-state index in [1.54, 1.807) is 0 Å². The first-order valence-electron chi connectivity index (χ1n) is 8.27. The Bertz CT molecular complexity index is 187. The number of aliphatic hydroxyl groups excluding tert-OH is 3. The topological polar surface area (TPSA) is 69.9 Å². The zero-order valence-corrected chi connectivity index (χ0v) is 13.1. The lowest BCUT2D eigenvalue weighted by molar-refractivity contribution is -0.0571. The summed E-state index contributed by atoms with van der Waals surface area (Å²) in [7, 11) is 0. The molecule has 0 aromatic rings. The molecule has 0 aromatic carbocycles. The molecule has 0 aliphatic rings. The highest BCUT2D eigenvalue weighted by Gasteiger charge is 2.14. The molecule has 0 unspecified atom stereocenters. The first-order chi connectivity index (χ1) is 9.72. The van der Waals surface area contributed by atoms with Crippen molar-refractivity contribution < 1.29 is 20.1 Å². The summed E-state index contributed by atoms with van der Waals surface area (Å²) in [5, 5.41) is 27.1. The van der Waals surface area contributed by atoms with Crippen molar-refractivity contribution in [1.82, 2.24) is 0 Å². The number of aliphatic hydroxyl groups is 3. The zero-order valence-electron chi connectivity index (χ0n) is 13.1. The lowest BCUT2D eigenvalue weighted by atomic mass is 10.1. The van der Waals surface area contributed by atoms with Gasteiger partial charge in [-0.25, -0.2) is 0 Å². The molecule has 0 fully saturated rings. The van der Waals surface area contributed by atoms with Crippen molar-refractivity contribution in [3.8, 4) is 0 Å². The summed E-state index contributed by atoms with van der Waals surface area (Å²) >= 11 is 0. The van der Waals surface area contributed by atoms with Gasteiger partial charge in [-0.05, 0) is 6.42 Å². The minimum absolute atomic E-state index is 0.0964. The second-order valence-electron chi connectivity index (χ2n) is 5.57. The maximum absolute atomic E-state index is 9.34. The Hall–Kier alpha value is -0.160. The van der Waals surface area contributed by atoms with Crippen LogP contribution in [-0.4, -0.2) is 47.3 Å². The standard InChI is InChI=1S/C16H34O4/c1-2-3-4-5-6-7-8-9-10-11-12-20-14-16(19)15(18)13-17/h15-19H,2-14H2,1H3/t15-,16+/m1/s1. The highest BCUT2D eigenvalue weighted by atomic mass is 16.5. The van der Waals surface area contributed by atoms with Crippen molar-refractivity contribution in [2.45, 2.75) is 83.3 Å². The predicted molar refractivity (Wildman–Crippen MR) is 81.8 cm³/mol. The molecule has 0 bridgehead atoms. The molecule has 0 aliphatic heterocycles. The minimum Gasteiger partial charge on any atom is -0.394 e. The smallest absolute Gasteiger partial charge is 0.105 e. The molecule has 3 N–H and O–H groups in total. The monoisotopic (exact) mass is 290 g/mol. The molecular weight excluding hydrogens is 256 g/mol. The van der Waals surface area contributed by atoms with E-state index in [2.05, 4.69) is 6.92 Å². The second kappa shape index (κ2) is 15.2. The van der Waals surface area contributed by atoms with Crippen molar-refractivity contribution in [1.29, 1.82) is 0 Å². The molecule has 0 amide bonds. The second-order valence-corrected chi connectivity index (χ2v) is 5.57. The number of unbranched alkanes of at least 4 members (excludes halogenated alkanes) is 9. The maximum Gasteiger partial charge on any atom is 0.105 e. The van der Waals surface area contributed by atoms with Gasteiger partial charge in [-0.15, -0.1) is 0 Å². The molecule has 0 radical (unpaired) electrons. The molecule has 4 heteroatoms. The number of ether oxygens (including phenoxy) is 1. The largest absolute Gasteiger partial charge is 0.394 e. The van der Waals surface area contributed by atoms with E-state index in [0.29, 0.717) is 6.61 Å². The van der Waals surface area contributed by atoms with Crippen LogP contribution in [0.2, 0.25) is 0 Å². The summed E-state index contributed by atoms with van der Waals surface area (Å²) < 4.78 is 5.27. The predicted octanol–water partition coefficient (Wildman–Crippen LogP) is 2.64. The SMILES string of the molecule is CCCCCCCCCCCCOC[C@H](O)[C@H](O)CO. The van der Waals surface area contributed by atoms with Crippen LogP contribution in [0.25, 0.3) is 0 Å². The molecule has 0 saturated carbocycles. The van der Waals surface area contributed by atoms with Gasteiger partial charge in [0.2, 0.25) is 0 Å². The summed E-state index contributed by atoms with van der Waals surface area (Å²) in [5.74, 6) is 0. The summed E-state index contributed by atoms with van der Waals surface area (Å²) in [6.07, 6.45) is 10.8. The Morgan fingerprint density at radius 3 is 1.75 bits per heavy atom. The molecular formula is C16H34O4. The van der Waals surface area contributed by atoms with Crippen molar-refractivity contribution in [3.05, 3.63) is 0 Å². The highest BCUT2D eigenvalue weighted by molar-refractivity contribution is 4.64. The van der Waals surface area contributed by atoms with Crippen molar-refractivity contribution in [3.63, 3.8) is 0 Å². The number of hydrogen-bond acceptors (Lipinski definition) is 4. The van der Waals surface area contributed by atoms with Gasteiger partial charge in [0.1, 0.15) is 12.2 Å². The van der Waals surface area contributed by atoms with Crippen LogP contribution in [0.1, 0.15) is 71.1 Å². The van der Waals surface area contributed by atoms with Crippen LogP contribution < -0.4 is 0 Å². The Balaban J connectivity index is 3.10. The average Bonchev–Trinajstić information content (AvgIpc) is 2.47. The molecule has 20 heavy (non-hydrogen) atoms. The maximum atomic E-state index is 9.34. The van der Waals surface area contributed by atoms with Gasteiger partial charge in [-0.3, -0.25) is 0 Å². The van der Waals surface area contributed by atoms with Crippen LogP contribution in [0.4, 0.5) is 0 Å². The first kappa shape index (κ1) is 19.8. The van der Waals surface area contributed by atoms with E-state index in [9.17, 15) is 5.11 Å². The molecule has 0 rings (SSSR count). The Morgan fingerprint density at radius 1 is 0.750 bits per heavy atom. The van der Waals surface area contributed by atoms with Gasteiger partial charge in [0, 0.05) is 6.61 Å². The van der Waals surface area contributed by atoms with E-state index in [-0.39, 0.29) is 6.61 Å². The fourth-order valence-electron chi connectivity index (χ4n) is 2.13. The van der Waals surface area contributed by atoms with Gasteiger partial charge in [-0.2, -0.15) is 0 Å². The van der Waals surface area contributed by atoms with Crippen molar-refractivity contribution >= 4 is 0 Å². The summed E-state index contributed by atoms with van der Waals surface area (Å²) in [5.41, 5.74) is 0. The van der Waals surface area contributed by atoms with E-state index in [0.717, 1.165) is 12.8 Å². The Kier molecular flexibility index (Phi) is 15.1. The lowest BCUT2D eigenvalue weighted by Crippen LogP contribution is -2.33. The van der Waals surface area contributed by atoms with Crippen LogP contribution in [0, 0.1) is 0 Å². The summed E-state index contributed by atoms with van der Waals surface area (Å²) in [6, 6.07) is 0. The highest BCUT2D eigenvalue weighted by Crippen LogP contribution is 2.10. The molecule has 0 saturated heterocycles. The molecule has 0 heterocycles. The molecule has 0 aliphatic carbocycles. The summed E-state index contributed by atoms with van der Waals surface area (Å²) in [4.78, 5) is 0. The third-order valence-corrected chi connectivity index (χ3v) is 3.56. The number of rotatable bonds is 15. The van der Waals surface area contributed by atoms with Crippen LogP contribution in [0.3, 0.4) is 0 Å². The van der Waals surface area contributed by atoms with E-state index in [1.165, 1.54) is 51.4 Å². The molecule has 122 valence electrons. The van der Waals surface area contributed by atoms with Gasteiger partial charge in [0.25, 0.3) is 0 Å². The van der Waals surface area contributed by atoms with Gasteiger partial charge in [0.15, 0.2) is 0 Å². The van der Waals surface area contributed by atoms with Gasteiger partial charge >= 0.3 is 0 Å². The normalized spacial score (nSPS) is 14.4. The van der Waals surface area contributed by atoms with Crippen LogP contribution in [-0.2, 0) is 4.74 Å². The van der Waals surface area contributed by atoms with E-state index in [1.807, 2.05) is 0 Å². The fraction of sp³-hybridized carbons (Fsp3) is 1.00. The van der Waals surface area contributed by atoms with E-state index < -0.39 is 18.8 Å². The van der Waals surface area contributed by atoms with E-state index >= 15 is 0 Å². The zero-order chi connectivity index (χ0) is 15.1. The average molecular weight is 290 g/mol. The summed E-state index contributed by atoms with van der Waals surface area (Å²) in [6.45, 7) is 2.53. The van der Waals surface area contributed by atoms with Crippen LogP contribution in [0.5, 0.6) is 0 Å². The fourth-order valence-corrected chi connectivity index (χ4v) is 2.13. The van der Waals surface area contributed by atoms with Gasteiger partial charge < -0.3 is 20.1 Å². The third-order valence-electron chi connectivity index (χ3n) is 3.56. The molecule has 0 aromatic heterocycles. The number of hydrogen-bond donors (Lipinski definition) is 3. The van der Waals surface area contributed by atoms with Gasteiger partial charge in [-0.1, -0.05) is 64.7 Å².